The van der Waals surface area contributed by atoms with E-state index < -0.39 is 10.0 Å². The standard InChI is InChI=1S/C20H31N3O3S/c1-16-6-8-21(9-7-16)15-20(24)22-10-12-23(13-11-22)27(25,26)19-14-17(2)4-5-18(19)3/h4-5,14,16H,6-13,15H2,1-3H3/p+1. The maximum Gasteiger partial charge on any atom is 0.277 e. The number of carbonyl (C=O) groups is 1. The summed E-state index contributed by atoms with van der Waals surface area (Å²) in [4.78, 5) is 16.2. The number of nitrogens with zero attached hydrogens (tertiary/aromatic N) is 2. The van der Waals surface area contributed by atoms with Crippen LogP contribution in [0.5, 0.6) is 0 Å². The fourth-order valence-corrected chi connectivity index (χ4v) is 5.71. The summed E-state index contributed by atoms with van der Waals surface area (Å²) in [6, 6.07) is 5.52. The minimum absolute atomic E-state index is 0.156. The topological polar surface area (TPSA) is 62.1 Å². The number of quaternary nitrogens is 1. The van der Waals surface area contributed by atoms with Gasteiger partial charge >= 0.3 is 0 Å². The second kappa shape index (κ2) is 8.29. The van der Waals surface area contributed by atoms with Crippen molar-refractivity contribution in [2.75, 3.05) is 45.8 Å². The Balaban J connectivity index is 1.58. The zero-order valence-electron chi connectivity index (χ0n) is 16.7. The van der Waals surface area contributed by atoms with Crippen LogP contribution >= 0.6 is 0 Å². The predicted molar refractivity (Wildman–Crippen MR) is 105 cm³/mol. The molecule has 3 rings (SSSR count). The Hall–Kier alpha value is -1.44. The van der Waals surface area contributed by atoms with Gasteiger partial charge in [-0.2, -0.15) is 4.31 Å². The van der Waals surface area contributed by atoms with Gasteiger partial charge in [-0.1, -0.05) is 19.1 Å². The molecule has 0 bridgehead atoms. The number of benzene rings is 1. The third kappa shape index (κ3) is 4.70. The number of rotatable bonds is 4. The highest BCUT2D eigenvalue weighted by molar-refractivity contribution is 7.89. The number of carbonyl (C=O) groups excluding carboxylic acids is 1. The fraction of sp³-hybridized carbons (Fsp3) is 0.650. The number of piperazine rings is 1. The van der Waals surface area contributed by atoms with Gasteiger partial charge < -0.3 is 9.80 Å². The summed E-state index contributed by atoms with van der Waals surface area (Å²) in [5, 5.41) is 0. The molecule has 0 atom stereocenters. The molecule has 0 radical (unpaired) electrons. The molecule has 0 unspecified atom stereocenters. The van der Waals surface area contributed by atoms with Gasteiger partial charge in [0.05, 0.1) is 18.0 Å². The van der Waals surface area contributed by atoms with Crippen LogP contribution in [-0.4, -0.2) is 69.3 Å². The second-order valence-corrected chi connectivity index (χ2v) is 10.1. The Morgan fingerprint density at radius 3 is 2.37 bits per heavy atom. The van der Waals surface area contributed by atoms with Crippen molar-refractivity contribution in [3.05, 3.63) is 29.3 Å². The maximum atomic E-state index is 13.0. The van der Waals surface area contributed by atoms with Crippen LogP contribution in [0.4, 0.5) is 0 Å². The Morgan fingerprint density at radius 2 is 1.74 bits per heavy atom. The molecule has 6 nitrogen and oxygen atoms in total. The van der Waals surface area contributed by atoms with Crippen molar-refractivity contribution >= 4 is 15.9 Å². The summed E-state index contributed by atoms with van der Waals surface area (Å²) >= 11 is 0. The van der Waals surface area contributed by atoms with Crippen LogP contribution in [0.15, 0.2) is 23.1 Å². The van der Waals surface area contributed by atoms with Crippen molar-refractivity contribution < 1.29 is 18.1 Å². The first-order valence-corrected chi connectivity index (χ1v) is 11.4. The van der Waals surface area contributed by atoms with Gasteiger partial charge in [0.15, 0.2) is 6.54 Å². The number of hydrogen-bond donors (Lipinski definition) is 1. The van der Waals surface area contributed by atoms with Gasteiger partial charge in [-0.15, -0.1) is 0 Å². The molecule has 1 amide bonds. The highest BCUT2D eigenvalue weighted by atomic mass is 32.2. The molecule has 2 aliphatic rings. The van der Waals surface area contributed by atoms with Gasteiger partial charge in [-0.05, 0) is 49.8 Å². The molecule has 150 valence electrons. The van der Waals surface area contributed by atoms with Crippen molar-refractivity contribution in [3.8, 4) is 0 Å². The van der Waals surface area contributed by atoms with E-state index in [-0.39, 0.29) is 5.91 Å². The molecule has 0 saturated carbocycles. The molecule has 27 heavy (non-hydrogen) atoms. The zero-order chi connectivity index (χ0) is 19.6. The van der Waals surface area contributed by atoms with Gasteiger partial charge in [0.2, 0.25) is 10.0 Å². The lowest BCUT2D eigenvalue weighted by Gasteiger charge is -2.35. The van der Waals surface area contributed by atoms with E-state index in [9.17, 15) is 13.2 Å². The van der Waals surface area contributed by atoms with Crippen LogP contribution in [0.2, 0.25) is 0 Å². The van der Waals surface area contributed by atoms with E-state index >= 15 is 0 Å². The Bertz CT molecular complexity index is 778. The molecular formula is C20H32N3O3S+. The molecule has 1 aromatic carbocycles. The molecule has 7 heteroatoms. The van der Waals surface area contributed by atoms with Crippen molar-refractivity contribution in [3.63, 3.8) is 0 Å². The maximum absolute atomic E-state index is 13.0. The molecule has 1 aromatic rings. The van der Waals surface area contributed by atoms with Crippen LogP contribution in [0.1, 0.15) is 30.9 Å². The monoisotopic (exact) mass is 394 g/mol. The number of likely N-dealkylation sites (tertiary alicyclic amines) is 1. The minimum atomic E-state index is -3.51. The van der Waals surface area contributed by atoms with E-state index in [0.717, 1.165) is 30.1 Å². The van der Waals surface area contributed by atoms with Crippen LogP contribution in [-0.2, 0) is 14.8 Å². The van der Waals surface area contributed by atoms with Gasteiger partial charge in [-0.25, -0.2) is 8.42 Å². The molecule has 1 N–H and O–H groups in total. The lowest BCUT2D eigenvalue weighted by atomic mass is 9.99. The van der Waals surface area contributed by atoms with E-state index in [1.807, 2.05) is 30.9 Å². The molecule has 2 fully saturated rings. The van der Waals surface area contributed by atoms with Crippen LogP contribution in [0.3, 0.4) is 0 Å². The average Bonchev–Trinajstić information content (AvgIpc) is 2.65. The normalized spacial score (nSPS) is 24.8. The fourth-order valence-electron chi connectivity index (χ4n) is 3.97. The quantitative estimate of drug-likeness (QED) is 0.807. The predicted octanol–water partition coefficient (Wildman–Crippen LogP) is 0.451. The van der Waals surface area contributed by atoms with Gasteiger partial charge in [0.25, 0.3) is 5.91 Å². The summed E-state index contributed by atoms with van der Waals surface area (Å²) in [5.74, 6) is 0.922. The summed E-state index contributed by atoms with van der Waals surface area (Å²) in [5.41, 5.74) is 1.70. The summed E-state index contributed by atoms with van der Waals surface area (Å²) in [6.07, 6.45) is 2.37. The highest BCUT2D eigenvalue weighted by Gasteiger charge is 2.32. The number of nitrogens with one attached hydrogen (secondary N) is 1. The Morgan fingerprint density at radius 1 is 1.11 bits per heavy atom. The summed E-state index contributed by atoms with van der Waals surface area (Å²) in [7, 11) is -3.51. The van der Waals surface area contributed by atoms with Crippen molar-refractivity contribution in [2.24, 2.45) is 5.92 Å². The van der Waals surface area contributed by atoms with Gasteiger partial charge in [0, 0.05) is 26.2 Å². The first kappa shape index (κ1) is 20.3. The molecule has 0 aliphatic carbocycles. The van der Waals surface area contributed by atoms with E-state index in [2.05, 4.69) is 6.92 Å². The summed E-state index contributed by atoms with van der Waals surface area (Å²) < 4.78 is 27.5. The first-order valence-electron chi connectivity index (χ1n) is 9.96. The zero-order valence-corrected chi connectivity index (χ0v) is 17.5. The number of piperidine rings is 1. The van der Waals surface area contributed by atoms with Crippen LogP contribution in [0, 0.1) is 19.8 Å². The van der Waals surface area contributed by atoms with E-state index in [0.29, 0.717) is 37.6 Å². The molecule has 2 heterocycles. The molecule has 2 aliphatic heterocycles. The van der Waals surface area contributed by atoms with Gasteiger partial charge in [-0.3, -0.25) is 4.79 Å². The van der Waals surface area contributed by atoms with E-state index in [4.69, 9.17) is 0 Å². The lowest BCUT2D eigenvalue weighted by molar-refractivity contribution is -0.898. The van der Waals surface area contributed by atoms with Crippen LogP contribution in [0.25, 0.3) is 0 Å². The second-order valence-electron chi connectivity index (χ2n) is 8.16. The minimum Gasteiger partial charge on any atom is -0.335 e. The molecule has 0 aromatic heterocycles. The van der Waals surface area contributed by atoms with Crippen LogP contribution < -0.4 is 4.90 Å². The largest absolute Gasteiger partial charge is 0.335 e. The number of amides is 1. The third-order valence-electron chi connectivity index (χ3n) is 5.94. The smallest absolute Gasteiger partial charge is 0.277 e. The highest BCUT2D eigenvalue weighted by Crippen LogP contribution is 2.22. The number of sulfonamides is 1. The lowest BCUT2D eigenvalue weighted by Crippen LogP contribution is -3.14. The average molecular weight is 395 g/mol. The Labute approximate surface area is 163 Å². The molecule has 2 saturated heterocycles. The van der Waals surface area contributed by atoms with E-state index in [1.165, 1.54) is 22.0 Å². The van der Waals surface area contributed by atoms with Gasteiger partial charge in [0.1, 0.15) is 0 Å². The number of hydrogen-bond acceptors (Lipinski definition) is 3. The Kier molecular flexibility index (Phi) is 6.23. The van der Waals surface area contributed by atoms with Crippen molar-refractivity contribution in [2.45, 2.75) is 38.5 Å². The van der Waals surface area contributed by atoms with E-state index in [1.54, 1.807) is 6.07 Å². The third-order valence-corrected chi connectivity index (χ3v) is 7.98. The molecule has 0 spiro atoms. The van der Waals surface area contributed by atoms with Crippen molar-refractivity contribution in [1.29, 1.82) is 0 Å². The first-order chi connectivity index (χ1) is 12.8. The van der Waals surface area contributed by atoms with Crippen molar-refractivity contribution in [1.82, 2.24) is 9.21 Å². The molecular weight excluding hydrogens is 362 g/mol. The SMILES string of the molecule is Cc1ccc(C)c(S(=O)(=O)N2CCN(C(=O)C[NH+]3CCC(C)CC3)CC2)c1. The summed E-state index contributed by atoms with van der Waals surface area (Å²) in [6.45, 7) is 10.4. The number of aryl methyl sites for hydroxylation is 2.